The zero-order valence-corrected chi connectivity index (χ0v) is 12.7. The van der Waals surface area contributed by atoms with Crippen molar-refractivity contribution in [3.63, 3.8) is 0 Å². The Kier molecular flexibility index (Phi) is 7.20. The van der Waals surface area contributed by atoms with Crippen molar-refractivity contribution in [2.24, 2.45) is 5.92 Å². The summed E-state index contributed by atoms with van der Waals surface area (Å²) in [5.41, 5.74) is 0.331. The molecule has 0 aromatic heterocycles. The van der Waals surface area contributed by atoms with E-state index in [4.69, 9.17) is 4.74 Å². The van der Waals surface area contributed by atoms with Gasteiger partial charge in [0.2, 0.25) is 0 Å². The van der Waals surface area contributed by atoms with Crippen molar-refractivity contribution in [2.45, 2.75) is 65.0 Å². The first-order chi connectivity index (χ1) is 8.71. The zero-order chi connectivity index (χ0) is 13.4. The topological polar surface area (TPSA) is 33.3 Å². The molecule has 0 spiro atoms. The van der Waals surface area contributed by atoms with Crippen molar-refractivity contribution in [3.05, 3.63) is 0 Å². The van der Waals surface area contributed by atoms with Crippen molar-refractivity contribution in [1.29, 1.82) is 0 Å². The summed E-state index contributed by atoms with van der Waals surface area (Å²) in [4.78, 5) is 0. The lowest BCUT2D eigenvalue weighted by Crippen LogP contribution is -2.49. The van der Waals surface area contributed by atoms with Gasteiger partial charge in [-0.25, -0.2) is 0 Å². The highest BCUT2D eigenvalue weighted by molar-refractivity contribution is 4.89. The molecule has 1 aliphatic heterocycles. The van der Waals surface area contributed by atoms with Crippen LogP contribution in [0.4, 0.5) is 0 Å². The molecule has 1 saturated heterocycles. The largest absolute Gasteiger partial charge is 0.379 e. The van der Waals surface area contributed by atoms with Crippen molar-refractivity contribution in [3.8, 4) is 0 Å². The van der Waals surface area contributed by atoms with E-state index in [0.717, 1.165) is 26.3 Å². The molecule has 18 heavy (non-hydrogen) atoms. The molecule has 1 heterocycles. The van der Waals surface area contributed by atoms with Gasteiger partial charge < -0.3 is 15.4 Å². The third-order valence-corrected chi connectivity index (χ3v) is 4.62. The van der Waals surface area contributed by atoms with Crippen LogP contribution in [0.2, 0.25) is 0 Å². The molecule has 1 aliphatic rings. The fourth-order valence-corrected chi connectivity index (χ4v) is 2.83. The van der Waals surface area contributed by atoms with Crippen LogP contribution < -0.4 is 10.6 Å². The second-order valence-electron chi connectivity index (χ2n) is 5.58. The Hall–Kier alpha value is -0.120. The second kappa shape index (κ2) is 8.13. The van der Waals surface area contributed by atoms with Gasteiger partial charge in [-0.3, -0.25) is 0 Å². The minimum absolute atomic E-state index is 0.331. The lowest BCUT2D eigenvalue weighted by atomic mass is 9.89. The Morgan fingerprint density at radius 2 is 1.72 bits per heavy atom. The Balaban J connectivity index is 2.40. The van der Waals surface area contributed by atoms with Crippen LogP contribution in [0.1, 0.15) is 53.4 Å². The summed E-state index contributed by atoms with van der Waals surface area (Å²) in [5, 5.41) is 7.42. The number of hydrogen-bond acceptors (Lipinski definition) is 3. The Bertz CT molecular complexity index is 208. The Labute approximate surface area is 113 Å². The molecule has 0 bridgehead atoms. The van der Waals surface area contributed by atoms with Gasteiger partial charge in [0.25, 0.3) is 0 Å². The smallest absolute Gasteiger partial charge is 0.0623 e. The molecule has 1 rings (SSSR count). The van der Waals surface area contributed by atoms with Crippen LogP contribution in [0.15, 0.2) is 0 Å². The lowest BCUT2D eigenvalue weighted by molar-refractivity contribution is 0.178. The quantitative estimate of drug-likeness (QED) is 0.665. The summed E-state index contributed by atoms with van der Waals surface area (Å²) in [6.45, 7) is 13.0. The molecule has 108 valence electrons. The van der Waals surface area contributed by atoms with Crippen molar-refractivity contribution >= 4 is 0 Å². The summed E-state index contributed by atoms with van der Waals surface area (Å²) in [6.07, 6.45) is 4.82. The maximum atomic E-state index is 5.63. The summed E-state index contributed by atoms with van der Waals surface area (Å²) in [7, 11) is 0. The van der Waals surface area contributed by atoms with E-state index in [2.05, 4.69) is 38.3 Å². The summed E-state index contributed by atoms with van der Waals surface area (Å²) in [6, 6.07) is 0.542. The average Bonchev–Trinajstić information content (AvgIpc) is 2.86. The van der Waals surface area contributed by atoms with Gasteiger partial charge >= 0.3 is 0 Å². The van der Waals surface area contributed by atoms with E-state index in [1.54, 1.807) is 0 Å². The first-order valence-electron chi connectivity index (χ1n) is 7.77. The van der Waals surface area contributed by atoms with Gasteiger partial charge in [0.15, 0.2) is 0 Å². The van der Waals surface area contributed by atoms with E-state index >= 15 is 0 Å². The van der Waals surface area contributed by atoms with Gasteiger partial charge in [0.1, 0.15) is 0 Å². The summed E-state index contributed by atoms with van der Waals surface area (Å²) < 4.78 is 5.63. The highest BCUT2D eigenvalue weighted by Crippen LogP contribution is 2.21. The highest BCUT2D eigenvalue weighted by Gasteiger charge is 2.30. The fourth-order valence-electron chi connectivity index (χ4n) is 2.83. The zero-order valence-electron chi connectivity index (χ0n) is 12.7. The molecule has 2 unspecified atom stereocenters. The van der Waals surface area contributed by atoms with Crippen molar-refractivity contribution < 1.29 is 4.74 Å². The summed E-state index contributed by atoms with van der Waals surface area (Å²) >= 11 is 0. The van der Waals surface area contributed by atoms with Crippen LogP contribution in [-0.2, 0) is 4.74 Å². The van der Waals surface area contributed by atoms with Gasteiger partial charge in [0.05, 0.1) is 13.2 Å². The van der Waals surface area contributed by atoms with Crippen LogP contribution in [0.3, 0.4) is 0 Å². The number of hydrogen-bond donors (Lipinski definition) is 2. The van der Waals surface area contributed by atoms with E-state index in [1.165, 1.54) is 25.7 Å². The molecule has 1 fully saturated rings. The minimum atomic E-state index is 0.331. The van der Waals surface area contributed by atoms with E-state index in [9.17, 15) is 0 Å². The number of ether oxygens (including phenoxy) is 1. The van der Waals surface area contributed by atoms with Gasteiger partial charge in [-0.1, -0.05) is 27.7 Å². The standard InChI is InChI=1S/C15H32N2O/c1-5-9-16-14-12-18-11-13(14)10-17-15(6-2,7-3)8-4/h13-14,16-17H,5-12H2,1-4H3. The van der Waals surface area contributed by atoms with E-state index < -0.39 is 0 Å². The fraction of sp³-hybridized carbons (Fsp3) is 1.00. The van der Waals surface area contributed by atoms with Gasteiger partial charge in [0, 0.05) is 24.0 Å². The Morgan fingerprint density at radius 1 is 1.06 bits per heavy atom. The monoisotopic (exact) mass is 256 g/mol. The van der Waals surface area contributed by atoms with Crippen molar-refractivity contribution in [2.75, 3.05) is 26.3 Å². The molecule has 3 nitrogen and oxygen atoms in total. The first-order valence-corrected chi connectivity index (χ1v) is 7.77. The third-order valence-electron chi connectivity index (χ3n) is 4.62. The lowest BCUT2D eigenvalue weighted by Gasteiger charge is -2.34. The molecule has 0 aromatic rings. The van der Waals surface area contributed by atoms with Gasteiger partial charge in [-0.05, 0) is 32.2 Å². The molecule has 0 aliphatic carbocycles. The van der Waals surface area contributed by atoms with Crippen LogP contribution >= 0.6 is 0 Å². The molecule has 0 aromatic carbocycles. The predicted molar refractivity (Wildman–Crippen MR) is 78.0 cm³/mol. The first kappa shape index (κ1) is 15.9. The normalized spacial score (nSPS) is 24.7. The molecule has 0 saturated carbocycles. The Morgan fingerprint density at radius 3 is 2.28 bits per heavy atom. The average molecular weight is 256 g/mol. The highest BCUT2D eigenvalue weighted by atomic mass is 16.5. The van der Waals surface area contributed by atoms with Crippen molar-refractivity contribution in [1.82, 2.24) is 10.6 Å². The number of nitrogens with one attached hydrogen (secondary N) is 2. The molecular weight excluding hydrogens is 224 g/mol. The van der Waals surface area contributed by atoms with Crippen LogP contribution in [0.25, 0.3) is 0 Å². The molecule has 0 radical (unpaired) electrons. The van der Waals surface area contributed by atoms with Gasteiger partial charge in [-0.15, -0.1) is 0 Å². The van der Waals surface area contributed by atoms with E-state index in [0.29, 0.717) is 17.5 Å². The van der Waals surface area contributed by atoms with Gasteiger partial charge in [-0.2, -0.15) is 0 Å². The number of rotatable bonds is 9. The summed E-state index contributed by atoms with van der Waals surface area (Å²) in [5.74, 6) is 0.626. The maximum absolute atomic E-state index is 5.63. The second-order valence-corrected chi connectivity index (χ2v) is 5.58. The van der Waals surface area contributed by atoms with Crippen LogP contribution in [-0.4, -0.2) is 37.9 Å². The van der Waals surface area contributed by atoms with Crippen LogP contribution in [0, 0.1) is 5.92 Å². The van der Waals surface area contributed by atoms with E-state index in [1.807, 2.05) is 0 Å². The maximum Gasteiger partial charge on any atom is 0.0623 e. The third kappa shape index (κ3) is 4.22. The van der Waals surface area contributed by atoms with E-state index in [-0.39, 0.29) is 0 Å². The molecule has 2 N–H and O–H groups in total. The molecule has 3 heteroatoms. The predicted octanol–water partition coefficient (Wildman–Crippen LogP) is 2.56. The molecular formula is C15H32N2O. The SMILES string of the molecule is CCCNC1COCC1CNC(CC)(CC)CC. The van der Waals surface area contributed by atoms with Crippen LogP contribution in [0.5, 0.6) is 0 Å². The molecule has 0 amide bonds. The molecule has 2 atom stereocenters. The minimum Gasteiger partial charge on any atom is -0.379 e.